The third-order valence-electron chi connectivity index (χ3n) is 3.56. The average molecular weight is 326 g/mol. The number of carbonyl (C=O) groups excluding carboxylic acids is 2. The number of anilines is 1. The van der Waals surface area contributed by atoms with Gasteiger partial charge in [0.25, 0.3) is 0 Å². The molecule has 1 aromatic rings. The molecule has 1 aromatic heterocycles. The molecule has 6 nitrogen and oxygen atoms in total. The molecule has 7 heteroatoms. The molecular formula is C15H22N2O4S. The summed E-state index contributed by atoms with van der Waals surface area (Å²) < 4.78 is 4.84. The van der Waals surface area contributed by atoms with Crippen molar-refractivity contribution in [1.29, 1.82) is 0 Å². The van der Waals surface area contributed by atoms with Crippen molar-refractivity contribution in [2.24, 2.45) is 5.92 Å². The monoisotopic (exact) mass is 326 g/mol. The number of aliphatic hydroxyl groups excluding tert-OH is 1. The fourth-order valence-corrected chi connectivity index (χ4v) is 3.46. The van der Waals surface area contributed by atoms with Crippen LogP contribution in [0.4, 0.5) is 9.80 Å². The van der Waals surface area contributed by atoms with Crippen molar-refractivity contribution in [1.82, 2.24) is 4.90 Å². The van der Waals surface area contributed by atoms with Crippen molar-refractivity contribution >= 4 is 28.3 Å². The second-order valence-corrected chi connectivity index (χ2v) is 6.75. The van der Waals surface area contributed by atoms with Crippen LogP contribution in [0.25, 0.3) is 0 Å². The zero-order valence-electron chi connectivity index (χ0n) is 13.1. The van der Waals surface area contributed by atoms with E-state index >= 15 is 0 Å². The van der Waals surface area contributed by atoms with Crippen LogP contribution < -0.4 is 5.32 Å². The second kappa shape index (κ2) is 7.11. The lowest BCUT2D eigenvalue weighted by atomic mass is 10.0. The first kappa shape index (κ1) is 16.8. The Morgan fingerprint density at radius 2 is 2.27 bits per heavy atom. The molecule has 22 heavy (non-hydrogen) atoms. The van der Waals surface area contributed by atoms with Crippen LogP contribution in [0.5, 0.6) is 0 Å². The second-order valence-electron chi connectivity index (χ2n) is 5.87. The van der Waals surface area contributed by atoms with Crippen LogP contribution in [-0.4, -0.2) is 48.3 Å². The molecule has 0 saturated carbocycles. The molecule has 1 saturated heterocycles. The number of aliphatic hydroxyl groups is 1. The maximum absolute atomic E-state index is 12.2. The Kier molecular flexibility index (Phi) is 5.42. The van der Waals surface area contributed by atoms with Crippen molar-refractivity contribution < 1.29 is 19.4 Å². The number of nitrogens with one attached hydrogen (secondary N) is 1. The smallest absolute Gasteiger partial charge is 0.341 e. The van der Waals surface area contributed by atoms with Gasteiger partial charge in [0.1, 0.15) is 5.00 Å². The highest BCUT2D eigenvalue weighted by molar-refractivity contribution is 7.15. The zero-order chi connectivity index (χ0) is 16.3. The zero-order valence-corrected chi connectivity index (χ0v) is 13.9. The van der Waals surface area contributed by atoms with Crippen molar-refractivity contribution in [3.05, 3.63) is 16.5 Å². The molecule has 1 aliphatic rings. The van der Waals surface area contributed by atoms with E-state index < -0.39 is 12.1 Å². The Morgan fingerprint density at radius 1 is 1.55 bits per heavy atom. The van der Waals surface area contributed by atoms with E-state index in [-0.39, 0.29) is 6.03 Å². The summed E-state index contributed by atoms with van der Waals surface area (Å²) in [6.45, 7) is 4.99. The van der Waals surface area contributed by atoms with Crippen LogP contribution in [0.3, 0.4) is 0 Å². The molecule has 1 aliphatic heterocycles. The SMILES string of the molecule is COC(=O)c1c(CC(C)C)csc1NC(=O)N1CC[C@H](O)C1. The first-order chi connectivity index (χ1) is 10.4. The molecule has 1 atom stereocenters. The summed E-state index contributed by atoms with van der Waals surface area (Å²) in [5.41, 5.74) is 1.33. The molecular weight excluding hydrogens is 304 g/mol. The third kappa shape index (κ3) is 3.78. The van der Waals surface area contributed by atoms with E-state index in [2.05, 4.69) is 19.2 Å². The van der Waals surface area contributed by atoms with Gasteiger partial charge in [0.05, 0.1) is 18.8 Å². The standard InChI is InChI=1S/C15H22N2O4S/c1-9(2)6-10-8-22-13(12(10)14(19)21-3)16-15(20)17-5-4-11(18)7-17/h8-9,11,18H,4-7H2,1-3H3,(H,16,20)/t11-/m0/s1. The molecule has 1 fully saturated rings. The van der Waals surface area contributed by atoms with Gasteiger partial charge in [0.15, 0.2) is 0 Å². The van der Waals surface area contributed by atoms with E-state index in [1.165, 1.54) is 18.4 Å². The summed E-state index contributed by atoms with van der Waals surface area (Å²) in [5.74, 6) is -0.0380. The number of nitrogens with zero attached hydrogens (tertiary/aromatic N) is 1. The molecule has 0 spiro atoms. The Morgan fingerprint density at radius 3 is 2.82 bits per heavy atom. The van der Waals surface area contributed by atoms with Crippen molar-refractivity contribution in [3.8, 4) is 0 Å². The number of methoxy groups -OCH3 is 1. The number of β-amino-alcohol motifs (C(OH)–C–C–N with tert-alkyl or cyclic N) is 1. The van der Waals surface area contributed by atoms with Crippen LogP contribution >= 0.6 is 11.3 Å². The van der Waals surface area contributed by atoms with Gasteiger partial charge in [-0.25, -0.2) is 9.59 Å². The highest BCUT2D eigenvalue weighted by Gasteiger charge is 2.27. The average Bonchev–Trinajstić information content (AvgIpc) is 3.04. The summed E-state index contributed by atoms with van der Waals surface area (Å²) in [6, 6.07) is -0.292. The molecule has 2 rings (SSSR count). The third-order valence-corrected chi connectivity index (χ3v) is 4.50. The van der Waals surface area contributed by atoms with Gasteiger partial charge in [-0.2, -0.15) is 0 Å². The maximum Gasteiger partial charge on any atom is 0.341 e. The summed E-state index contributed by atoms with van der Waals surface area (Å²) >= 11 is 1.33. The van der Waals surface area contributed by atoms with Crippen molar-refractivity contribution in [2.75, 3.05) is 25.5 Å². The molecule has 0 aliphatic carbocycles. The number of urea groups is 1. The number of carbonyl (C=O) groups is 2. The quantitative estimate of drug-likeness (QED) is 0.832. The number of rotatable bonds is 4. The van der Waals surface area contributed by atoms with Gasteiger partial charge in [0, 0.05) is 13.1 Å². The van der Waals surface area contributed by atoms with E-state index in [0.29, 0.717) is 36.0 Å². The maximum atomic E-state index is 12.2. The van der Waals surface area contributed by atoms with Crippen LogP contribution in [0.1, 0.15) is 36.2 Å². The van der Waals surface area contributed by atoms with Crippen molar-refractivity contribution in [3.63, 3.8) is 0 Å². The van der Waals surface area contributed by atoms with Gasteiger partial charge < -0.3 is 14.7 Å². The van der Waals surface area contributed by atoms with E-state index in [1.54, 1.807) is 4.90 Å². The normalized spacial score (nSPS) is 17.9. The Hall–Kier alpha value is -1.60. The van der Waals surface area contributed by atoms with Crippen molar-refractivity contribution in [2.45, 2.75) is 32.8 Å². The molecule has 2 amide bonds. The van der Waals surface area contributed by atoms with E-state index in [1.807, 2.05) is 5.38 Å². The number of hydrogen-bond donors (Lipinski definition) is 2. The predicted molar refractivity (Wildman–Crippen MR) is 85.4 cm³/mol. The van der Waals surface area contributed by atoms with Crippen LogP contribution in [0.2, 0.25) is 0 Å². The molecule has 0 bridgehead atoms. The van der Waals surface area contributed by atoms with Crippen LogP contribution in [-0.2, 0) is 11.2 Å². The largest absolute Gasteiger partial charge is 0.465 e. The Labute approximate surface area is 134 Å². The van der Waals surface area contributed by atoms with Gasteiger partial charge in [-0.3, -0.25) is 5.32 Å². The Bertz CT molecular complexity index is 556. The number of amides is 2. The lowest BCUT2D eigenvalue weighted by Gasteiger charge is -2.16. The first-order valence-electron chi connectivity index (χ1n) is 7.35. The number of hydrogen-bond acceptors (Lipinski definition) is 5. The van der Waals surface area contributed by atoms with Gasteiger partial charge in [-0.15, -0.1) is 11.3 Å². The lowest BCUT2D eigenvalue weighted by molar-refractivity contribution is 0.0601. The number of likely N-dealkylation sites (tertiary alicyclic amines) is 1. The van der Waals surface area contributed by atoms with Gasteiger partial charge in [0.2, 0.25) is 0 Å². The fraction of sp³-hybridized carbons (Fsp3) is 0.600. The first-order valence-corrected chi connectivity index (χ1v) is 8.23. The van der Waals surface area contributed by atoms with E-state index in [4.69, 9.17) is 4.74 Å². The lowest BCUT2D eigenvalue weighted by Crippen LogP contribution is -2.33. The molecule has 0 aromatic carbocycles. The molecule has 0 unspecified atom stereocenters. The number of ether oxygens (including phenoxy) is 1. The van der Waals surface area contributed by atoms with E-state index in [9.17, 15) is 14.7 Å². The topological polar surface area (TPSA) is 78.9 Å². The summed E-state index contributed by atoms with van der Waals surface area (Å²) in [6.07, 6.45) is 0.866. The molecule has 0 radical (unpaired) electrons. The fourth-order valence-electron chi connectivity index (χ4n) is 2.50. The highest BCUT2D eigenvalue weighted by atomic mass is 32.1. The molecule has 122 valence electrons. The summed E-state index contributed by atoms with van der Waals surface area (Å²) in [7, 11) is 1.33. The predicted octanol–water partition coefficient (Wildman–Crippen LogP) is 2.33. The Balaban J connectivity index is 2.17. The number of thiophene rings is 1. The minimum Gasteiger partial charge on any atom is -0.465 e. The van der Waals surface area contributed by atoms with Crippen LogP contribution in [0.15, 0.2) is 5.38 Å². The van der Waals surface area contributed by atoms with Crippen LogP contribution in [0, 0.1) is 5.92 Å². The molecule has 2 N–H and O–H groups in total. The summed E-state index contributed by atoms with van der Waals surface area (Å²) in [5, 5.41) is 14.7. The number of esters is 1. The van der Waals surface area contributed by atoms with Gasteiger partial charge in [-0.1, -0.05) is 13.8 Å². The molecule has 2 heterocycles. The van der Waals surface area contributed by atoms with Gasteiger partial charge >= 0.3 is 12.0 Å². The van der Waals surface area contributed by atoms with E-state index in [0.717, 1.165) is 12.0 Å². The minimum absolute atomic E-state index is 0.292. The van der Waals surface area contributed by atoms with Gasteiger partial charge in [-0.05, 0) is 29.7 Å². The minimum atomic E-state index is -0.467. The summed E-state index contributed by atoms with van der Waals surface area (Å²) in [4.78, 5) is 25.8. The highest BCUT2D eigenvalue weighted by Crippen LogP contribution is 2.31.